The largest absolute Gasteiger partial charge is 0.493 e. The van der Waals surface area contributed by atoms with Crippen molar-refractivity contribution in [1.82, 2.24) is 5.32 Å². The molecule has 6 nitrogen and oxygen atoms in total. The summed E-state index contributed by atoms with van der Waals surface area (Å²) in [5, 5.41) is 5.55. The van der Waals surface area contributed by atoms with Crippen molar-refractivity contribution < 1.29 is 19.1 Å². The number of methoxy groups -OCH3 is 1. The van der Waals surface area contributed by atoms with Crippen LogP contribution in [0.25, 0.3) is 0 Å². The zero-order valence-corrected chi connectivity index (χ0v) is 12.3. The van der Waals surface area contributed by atoms with Gasteiger partial charge in [-0.3, -0.25) is 9.59 Å². The Morgan fingerprint density at radius 1 is 1.43 bits per heavy atom. The normalized spacial score (nSPS) is 17.8. The van der Waals surface area contributed by atoms with Crippen LogP contribution in [0, 0.1) is 5.92 Å². The minimum atomic E-state index is -0.194. The van der Waals surface area contributed by atoms with E-state index >= 15 is 0 Å². The number of anilines is 1. The third-order valence-corrected chi connectivity index (χ3v) is 3.37. The molecule has 1 fully saturated rings. The SMILES string of the molecule is CCOc1ccc(NC(=O)C2CCC(=O)NC2)cc1OC. The van der Waals surface area contributed by atoms with Gasteiger partial charge < -0.3 is 20.1 Å². The molecule has 0 spiro atoms. The number of ether oxygens (including phenoxy) is 2. The number of amides is 2. The van der Waals surface area contributed by atoms with Gasteiger partial charge in [-0.05, 0) is 25.5 Å². The van der Waals surface area contributed by atoms with E-state index in [1.165, 1.54) is 0 Å². The minimum Gasteiger partial charge on any atom is -0.493 e. The first-order valence-corrected chi connectivity index (χ1v) is 7.02. The van der Waals surface area contributed by atoms with Crippen molar-refractivity contribution >= 4 is 17.5 Å². The van der Waals surface area contributed by atoms with E-state index in [-0.39, 0.29) is 17.7 Å². The number of hydrogen-bond donors (Lipinski definition) is 2. The lowest BCUT2D eigenvalue weighted by Crippen LogP contribution is -2.40. The first-order chi connectivity index (χ1) is 10.1. The summed E-state index contributed by atoms with van der Waals surface area (Å²) in [4.78, 5) is 23.2. The molecule has 2 N–H and O–H groups in total. The van der Waals surface area contributed by atoms with Crippen LogP contribution < -0.4 is 20.1 Å². The van der Waals surface area contributed by atoms with E-state index in [4.69, 9.17) is 9.47 Å². The van der Waals surface area contributed by atoms with Crippen LogP contribution in [0.5, 0.6) is 11.5 Å². The average molecular weight is 292 g/mol. The molecule has 0 bridgehead atoms. The number of rotatable bonds is 5. The molecule has 1 unspecified atom stereocenters. The van der Waals surface area contributed by atoms with Crippen LogP contribution in [-0.2, 0) is 9.59 Å². The van der Waals surface area contributed by atoms with Gasteiger partial charge in [-0.25, -0.2) is 0 Å². The zero-order chi connectivity index (χ0) is 15.2. The van der Waals surface area contributed by atoms with Crippen LogP contribution in [-0.4, -0.2) is 32.1 Å². The van der Waals surface area contributed by atoms with E-state index in [0.717, 1.165) is 0 Å². The molecule has 1 aliphatic rings. The Bertz CT molecular complexity index is 520. The lowest BCUT2D eigenvalue weighted by molar-refractivity contribution is -0.126. The molecule has 1 saturated heterocycles. The summed E-state index contributed by atoms with van der Waals surface area (Å²) in [5.74, 6) is 0.929. The van der Waals surface area contributed by atoms with Gasteiger partial charge in [0.15, 0.2) is 11.5 Å². The van der Waals surface area contributed by atoms with Crippen molar-refractivity contribution in [2.24, 2.45) is 5.92 Å². The van der Waals surface area contributed by atoms with Crippen molar-refractivity contribution in [1.29, 1.82) is 0 Å². The number of carbonyl (C=O) groups is 2. The Labute approximate surface area is 123 Å². The van der Waals surface area contributed by atoms with E-state index in [1.807, 2.05) is 6.92 Å². The van der Waals surface area contributed by atoms with Gasteiger partial charge >= 0.3 is 0 Å². The maximum absolute atomic E-state index is 12.1. The molecule has 114 valence electrons. The average Bonchev–Trinajstić information content (AvgIpc) is 2.49. The molecule has 21 heavy (non-hydrogen) atoms. The Hall–Kier alpha value is -2.24. The Kier molecular flexibility index (Phi) is 5.03. The highest BCUT2D eigenvalue weighted by atomic mass is 16.5. The van der Waals surface area contributed by atoms with Crippen molar-refractivity contribution in [3.63, 3.8) is 0 Å². The Balaban J connectivity index is 2.02. The molecular formula is C15H20N2O4. The molecule has 2 amide bonds. The van der Waals surface area contributed by atoms with Crippen molar-refractivity contribution in [2.75, 3.05) is 25.6 Å². The lowest BCUT2D eigenvalue weighted by Gasteiger charge is -2.21. The third-order valence-electron chi connectivity index (χ3n) is 3.37. The smallest absolute Gasteiger partial charge is 0.229 e. The van der Waals surface area contributed by atoms with Gasteiger partial charge in [0.2, 0.25) is 11.8 Å². The lowest BCUT2D eigenvalue weighted by atomic mass is 9.98. The predicted octanol–water partition coefficient (Wildman–Crippen LogP) is 1.56. The van der Waals surface area contributed by atoms with E-state index in [2.05, 4.69) is 10.6 Å². The molecule has 6 heteroatoms. The van der Waals surface area contributed by atoms with Crippen LogP contribution in [0.15, 0.2) is 18.2 Å². The first kappa shape index (κ1) is 15.2. The molecule has 1 atom stereocenters. The molecule has 0 radical (unpaired) electrons. The van der Waals surface area contributed by atoms with Gasteiger partial charge in [0.05, 0.1) is 19.6 Å². The summed E-state index contributed by atoms with van der Waals surface area (Å²) in [5.41, 5.74) is 0.650. The highest BCUT2D eigenvalue weighted by Crippen LogP contribution is 2.30. The fraction of sp³-hybridized carbons (Fsp3) is 0.467. The van der Waals surface area contributed by atoms with Crippen LogP contribution >= 0.6 is 0 Å². The molecule has 1 heterocycles. The van der Waals surface area contributed by atoms with Crippen LogP contribution in [0.1, 0.15) is 19.8 Å². The van der Waals surface area contributed by atoms with E-state index in [1.54, 1.807) is 25.3 Å². The van der Waals surface area contributed by atoms with Crippen molar-refractivity contribution in [2.45, 2.75) is 19.8 Å². The molecule has 1 aliphatic heterocycles. The van der Waals surface area contributed by atoms with Gasteiger partial charge in [0.25, 0.3) is 0 Å². The molecule has 0 aromatic heterocycles. The molecule has 2 rings (SSSR count). The van der Waals surface area contributed by atoms with E-state index < -0.39 is 0 Å². The second-order valence-corrected chi connectivity index (χ2v) is 4.83. The van der Waals surface area contributed by atoms with Crippen molar-refractivity contribution in [3.05, 3.63) is 18.2 Å². The van der Waals surface area contributed by atoms with E-state index in [9.17, 15) is 9.59 Å². The maximum Gasteiger partial charge on any atom is 0.229 e. The van der Waals surface area contributed by atoms with Gasteiger partial charge in [-0.2, -0.15) is 0 Å². The van der Waals surface area contributed by atoms with E-state index in [0.29, 0.717) is 43.2 Å². The number of piperidine rings is 1. The second kappa shape index (κ2) is 6.97. The van der Waals surface area contributed by atoms with Crippen LogP contribution in [0.2, 0.25) is 0 Å². The fourth-order valence-corrected chi connectivity index (χ4v) is 2.22. The third kappa shape index (κ3) is 3.87. The number of nitrogens with one attached hydrogen (secondary N) is 2. The van der Waals surface area contributed by atoms with Crippen LogP contribution in [0.4, 0.5) is 5.69 Å². The van der Waals surface area contributed by atoms with Crippen molar-refractivity contribution in [3.8, 4) is 11.5 Å². The Morgan fingerprint density at radius 3 is 2.86 bits per heavy atom. The van der Waals surface area contributed by atoms with Gasteiger partial charge in [-0.15, -0.1) is 0 Å². The summed E-state index contributed by atoms with van der Waals surface area (Å²) in [7, 11) is 1.56. The maximum atomic E-state index is 12.1. The second-order valence-electron chi connectivity index (χ2n) is 4.83. The highest BCUT2D eigenvalue weighted by Gasteiger charge is 2.24. The summed E-state index contributed by atoms with van der Waals surface area (Å²) in [6, 6.07) is 5.26. The van der Waals surface area contributed by atoms with Gasteiger partial charge in [0, 0.05) is 24.7 Å². The van der Waals surface area contributed by atoms with Gasteiger partial charge in [-0.1, -0.05) is 0 Å². The Morgan fingerprint density at radius 2 is 2.24 bits per heavy atom. The number of hydrogen-bond acceptors (Lipinski definition) is 4. The number of carbonyl (C=O) groups excluding carboxylic acids is 2. The quantitative estimate of drug-likeness (QED) is 0.863. The summed E-state index contributed by atoms with van der Waals surface area (Å²) in [6.45, 7) is 2.83. The standard InChI is InChI=1S/C15H20N2O4/c1-3-21-12-6-5-11(8-13(12)20-2)17-15(19)10-4-7-14(18)16-9-10/h5-6,8,10H,3-4,7,9H2,1-2H3,(H,16,18)(H,17,19). The van der Waals surface area contributed by atoms with Gasteiger partial charge in [0.1, 0.15) is 0 Å². The molecular weight excluding hydrogens is 272 g/mol. The monoisotopic (exact) mass is 292 g/mol. The summed E-state index contributed by atoms with van der Waals surface area (Å²) < 4.78 is 10.7. The van der Waals surface area contributed by atoms with Crippen LogP contribution in [0.3, 0.4) is 0 Å². The molecule has 0 aliphatic carbocycles. The molecule has 0 saturated carbocycles. The summed E-state index contributed by atoms with van der Waals surface area (Å²) >= 11 is 0. The molecule has 1 aromatic rings. The summed E-state index contributed by atoms with van der Waals surface area (Å²) in [6.07, 6.45) is 0.969. The first-order valence-electron chi connectivity index (χ1n) is 7.02. The molecule has 1 aromatic carbocycles. The fourth-order valence-electron chi connectivity index (χ4n) is 2.22. The minimum absolute atomic E-state index is 0.00165. The highest BCUT2D eigenvalue weighted by molar-refractivity contribution is 5.94. The number of benzene rings is 1. The zero-order valence-electron chi connectivity index (χ0n) is 12.3. The predicted molar refractivity (Wildman–Crippen MR) is 78.5 cm³/mol. The topological polar surface area (TPSA) is 76.7 Å².